The number of fused-ring (bicyclic) bond motifs is 1. The lowest BCUT2D eigenvalue weighted by Crippen LogP contribution is -2.49. The van der Waals surface area contributed by atoms with Crippen LogP contribution in [0.15, 0.2) is 29.1 Å². The van der Waals surface area contributed by atoms with E-state index in [0.717, 1.165) is 61.4 Å². The number of benzene rings is 1. The second-order valence-electron chi connectivity index (χ2n) is 8.84. The van der Waals surface area contributed by atoms with Crippen molar-refractivity contribution < 1.29 is 39.6 Å². The number of carboxylic acids is 4. The van der Waals surface area contributed by atoms with E-state index in [1.54, 1.807) is 0 Å². The highest BCUT2D eigenvalue weighted by molar-refractivity contribution is 6.27. The van der Waals surface area contributed by atoms with E-state index in [4.69, 9.17) is 39.6 Å². The van der Waals surface area contributed by atoms with Crippen LogP contribution >= 0.6 is 0 Å². The van der Waals surface area contributed by atoms with E-state index in [-0.39, 0.29) is 5.56 Å². The molecule has 4 rings (SSSR count). The lowest BCUT2D eigenvalue weighted by molar-refractivity contribution is -0.159. The SMILES string of the molecule is Cc1cccc2cc(N3CCCC3CN3CCN(C)CC3)c(=O)[nH]c12.O=C(O)C(=O)O.O=C(O)C(=O)O. The lowest BCUT2D eigenvalue weighted by Gasteiger charge is -2.36. The Hall–Kier alpha value is -3.97. The zero-order valence-corrected chi connectivity index (χ0v) is 20.7. The van der Waals surface area contributed by atoms with Crippen molar-refractivity contribution >= 4 is 40.5 Å². The molecule has 1 unspecified atom stereocenters. The number of pyridine rings is 1. The third kappa shape index (κ3) is 8.58. The van der Waals surface area contributed by atoms with Gasteiger partial charge in [0.2, 0.25) is 0 Å². The van der Waals surface area contributed by atoms with Crippen LogP contribution in [0.1, 0.15) is 18.4 Å². The maximum absolute atomic E-state index is 12.7. The average molecular weight is 521 g/mol. The van der Waals surface area contributed by atoms with Gasteiger partial charge in [-0.15, -0.1) is 0 Å². The zero-order chi connectivity index (χ0) is 27.7. The lowest BCUT2D eigenvalue weighted by atomic mass is 10.1. The summed E-state index contributed by atoms with van der Waals surface area (Å²) in [4.78, 5) is 59.5. The van der Waals surface area contributed by atoms with Crippen LogP contribution in [0.25, 0.3) is 10.9 Å². The smallest absolute Gasteiger partial charge is 0.414 e. The van der Waals surface area contributed by atoms with Gasteiger partial charge in [-0.05, 0) is 38.4 Å². The molecule has 37 heavy (non-hydrogen) atoms. The average Bonchev–Trinajstić information content (AvgIpc) is 3.29. The second kappa shape index (κ2) is 13.4. The van der Waals surface area contributed by atoms with Gasteiger partial charge in [0, 0.05) is 50.7 Å². The molecule has 2 fully saturated rings. The Morgan fingerprint density at radius 3 is 2.03 bits per heavy atom. The Morgan fingerprint density at radius 1 is 0.919 bits per heavy atom. The van der Waals surface area contributed by atoms with Crippen LogP contribution in [0, 0.1) is 6.92 Å². The number of aromatic nitrogens is 1. The minimum Gasteiger partial charge on any atom is -0.473 e. The number of piperazine rings is 1. The number of nitrogens with zero attached hydrogens (tertiary/aromatic N) is 3. The number of para-hydroxylation sites is 1. The fourth-order valence-corrected chi connectivity index (χ4v) is 4.26. The van der Waals surface area contributed by atoms with E-state index in [9.17, 15) is 4.79 Å². The van der Waals surface area contributed by atoms with Crippen LogP contribution in [0.3, 0.4) is 0 Å². The summed E-state index contributed by atoms with van der Waals surface area (Å²) in [7, 11) is 2.19. The first-order valence-corrected chi connectivity index (χ1v) is 11.6. The first-order chi connectivity index (χ1) is 17.4. The maximum Gasteiger partial charge on any atom is 0.414 e. The Labute approximate surface area is 212 Å². The standard InChI is InChI=1S/C20H28N4O.2C2H2O4/c1-15-5-3-6-16-13-18(20(25)21-19(15)16)24-8-4-7-17(24)14-23-11-9-22(2)10-12-23;2*3-1(4)2(5)6/h3,5-6,13,17H,4,7-12,14H2,1-2H3,(H,21,25);2*(H,3,4)(H,5,6). The number of anilines is 1. The van der Waals surface area contributed by atoms with Gasteiger partial charge in [-0.2, -0.15) is 0 Å². The second-order valence-corrected chi connectivity index (χ2v) is 8.84. The highest BCUT2D eigenvalue weighted by atomic mass is 16.4. The van der Waals surface area contributed by atoms with Crippen LogP contribution in [-0.2, 0) is 19.2 Å². The summed E-state index contributed by atoms with van der Waals surface area (Å²) >= 11 is 0. The number of aryl methyl sites for hydroxylation is 1. The minimum atomic E-state index is -1.82. The fourth-order valence-electron chi connectivity index (χ4n) is 4.26. The summed E-state index contributed by atoms with van der Waals surface area (Å²) < 4.78 is 0. The Balaban J connectivity index is 0.000000336. The molecular weight excluding hydrogens is 488 g/mol. The molecule has 2 saturated heterocycles. The van der Waals surface area contributed by atoms with E-state index in [0.29, 0.717) is 6.04 Å². The predicted octanol–water partition coefficient (Wildman–Crippen LogP) is 0.364. The molecule has 2 aliphatic rings. The first-order valence-electron chi connectivity index (χ1n) is 11.6. The summed E-state index contributed by atoms with van der Waals surface area (Å²) in [6.07, 6.45) is 2.35. The monoisotopic (exact) mass is 520 g/mol. The molecule has 202 valence electrons. The Morgan fingerprint density at radius 2 is 1.49 bits per heavy atom. The van der Waals surface area contributed by atoms with Gasteiger partial charge >= 0.3 is 23.9 Å². The largest absolute Gasteiger partial charge is 0.473 e. The zero-order valence-electron chi connectivity index (χ0n) is 20.7. The van der Waals surface area contributed by atoms with Crippen LogP contribution in [0.2, 0.25) is 0 Å². The molecule has 1 aromatic heterocycles. The summed E-state index contributed by atoms with van der Waals surface area (Å²) in [6.45, 7) is 8.65. The topological polar surface area (TPSA) is 192 Å². The predicted molar refractivity (Wildman–Crippen MR) is 134 cm³/mol. The van der Waals surface area contributed by atoms with Crippen LogP contribution < -0.4 is 10.5 Å². The number of aromatic amines is 1. The van der Waals surface area contributed by atoms with Gasteiger partial charge in [0.25, 0.3) is 5.56 Å². The van der Waals surface area contributed by atoms with Crippen molar-refractivity contribution in [1.82, 2.24) is 14.8 Å². The molecular formula is C24H32N4O9. The van der Waals surface area contributed by atoms with Crippen LogP contribution in [0.5, 0.6) is 0 Å². The highest BCUT2D eigenvalue weighted by Crippen LogP contribution is 2.26. The minimum absolute atomic E-state index is 0.0482. The molecule has 1 atom stereocenters. The van der Waals surface area contributed by atoms with Gasteiger partial charge in [-0.1, -0.05) is 18.2 Å². The Kier molecular flexibility index (Phi) is 10.6. The molecule has 2 aliphatic heterocycles. The van der Waals surface area contributed by atoms with Gasteiger partial charge in [-0.3, -0.25) is 9.69 Å². The van der Waals surface area contributed by atoms with E-state index in [1.807, 2.05) is 13.0 Å². The van der Waals surface area contributed by atoms with Crippen LogP contribution in [0.4, 0.5) is 5.69 Å². The van der Waals surface area contributed by atoms with Crippen molar-refractivity contribution in [3.05, 3.63) is 40.2 Å². The number of carboxylic acid groups (broad SMARTS) is 4. The summed E-state index contributed by atoms with van der Waals surface area (Å²) in [5.74, 6) is -7.30. The fraction of sp³-hybridized carbons (Fsp3) is 0.458. The molecule has 0 amide bonds. The molecule has 13 heteroatoms. The number of H-pyrrole nitrogens is 1. The normalized spacial score (nSPS) is 17.8. The number of likely N-dealkylation sites (N-methyl/N-ethyl adjacent to an activating group) is 1. The maximum atomic E-state index is 12.7. The molecule has 1 aromatic carbocycles. The third-order valence-corrected chi connectivity index (χ3v) is 6.19. The number of hydrogen-bond donors (Lipinski definition) is 5. The molecule has 0 spiro atoms. The number of hydrogen-bond acceptors (Lipinski definition) is 8. The van der Waals surface area contributed by atoms with E-state index in [1.165, 1.54) is 12.8 Å². The molecule has 0 saturated carbocycles. The van der Waals surface area contributed by atoms with Crippen molar-refractivity contribution in [1.29, 1.82) is 0 Å². The number of aliphatic carboxylic acids is 4. The van der Waals surface area contributed by atoms with E-state index in [2.05, 4.69) is 44.9 Å². The molecule has 5 N–H and O–H groups in total. The van der Waals surface area contributed by atoms with Gasteiger partial charge < -0.3 is 35.2 Å². The van der Waals surface area contributed by atoms with Crippen LogP contribution in [-0.4, -0.2) is 111 Å². The molecule has 13 nitrogen and oxygen atoms in total. The third-order valence-electron chi connectivity index (χ3n) is 6.19. The van der Waals surface area contributed by atoms with Crippen molar-refractivity contribution in [3.63, 3.8) is 0 Å². The van der Waals surface area contributed by atoms with Gasteiger partial charge in [0.05, 0.1) is 5.52 Å². The van der Waals surface area contributed by atoms with Crippen molar-refractivity contribution in [3.8, 4) is 0 Å². The molecule has 0 bridgehead atoms. The molecule has 2 aromatic rings. The van der Waals surface area contributed by atoms with Gasteiger partial charge in [0.15, 0.2) is 0 Å². The Bertz CT molecular complexity index is 1140. The quantitative estimate of drug-likeness (QED) is 0.350. The molecule has 0 radical (unpaired) electrons. The highest BCUT2D eigenvalue weighted by Gasteiger charge is 2.29. The van der Waals surface area contributed by atoms with Crippen molar-refractivity contribution in [2.24, 2.45) is 0 Å². The van der Waals surface area contributed by atoms with Crippen molar-refractivity contribution in [2.45, 2.75) is 25.8 Å². The first kappa shape index (κ1) is 29.3. The number of nitrogens with one attached hydrogen (secondary N) is 1. The molecule has 3 heterocycles. The van der Waals surface area contributed by atoms with Gasteiger partial charge in [-0.25, -0.2) is 19.2 Å². The van der Waals surface area contributed by atoms with Gasteiger partial charge in [0.1, 0.15) is 5.69 Å². The summed E-state index contributed by atoms with van der Waals surface area (Å²) in [5.41, 5.74) is 2.98. The van der Waals surface area contributed by atoms with Crippen molar-refractivity contribution in [2.75, 3.05) is 51.2 Å². The summed E-state index contributed by atoms with van der Waals surface area (Å²) in [5, 5.41) is 30.7. The number of rotatable bonds is 3. The van der Waals surface area contributed by atoms with E-state index >= 15 is 0 Å². The number of carbonyl (C=O) groups is 4. The summed E-state index contributed by atoms with van der Waals surface area (Å²) in [6, 6.07) is 8.73. The van der Waals surface area contributed by atoms with E-state index < -0.39 is 23.9 Å². The molecule has 0 aliphatic carbocycles.